The number of carbonyl (C=O) groups is 1. The number of aromatic amines is 1. The molecule has 3 rings (SSSR count). The van der Waals surface area contributed by atoms with Crippen LogP contribution in [-0.4, -0.2) is 10.8 Å². The molecular weight excluding hydrogens is 274 g/mol. The highest BCUT2D eigenvalue weighted by atomic mass is 35.5. The number of benzene rings is 2. The monoisotopic (exact) mass is 283 g/mol. The Labute approximate surface area is 119 Å². The Bertz CT molecular complexity index is 850. The van der Waals surface area contributed by atoms with Gasteiger partial charge in [0.15, 0.2) is 5.78 Å². The Morgan fingerprint density at radius 3 is 2.45 bits per heavy atom. The topological polar surface area (TPSA) is 49.9 Å². The minimum absolute atomic E-state index is 0.131. The summed E-state index contributed by atoms with van der Waals surface area (Å²) in [5.74, 6) is -0.311. The van der Waals surface area contributed by atoms with Crippen molar-refractivity contribution in [2.24, 2.45) is 0 Å². The number of para-hydroxylation sites is 1. The van der Waals surface area contributed by atoms with Gasteiger partial charge in [-0.25, -0.2) is 0 Å². The quantitative estimate of drug-likeness (QED) is 0.733. The van der Waals surface area contributed by atoms with E-state index < -0.39 is 0 Å². The molecule has 0 fully saturated rings. The second-order valence-corrected chi connectivity index (χ2v) is 4.85. The van der Waals surface area contributed by atoms with Crippen molar-refractivity contribution in [2.45, 2.75) is 0 Å². The van der Waals surface area contributed by atoms with E-state index in [-0.39, 0.29) is 16.8 Å². The van der Waals surface area contributed by atoms with Gasteiger partial charge < -0.3 is 4.98 Å². The van der Waals surface area contributed by atoms with Crippen LogP contribution in [0, 0.1) is 0 Å². The molecule has 1 aromatic heterocycles. The van der Waals surface area contributed by atoms with E-state index in [1.54, 1.807) is 42.5 Å². The predicted molar refractivity (Wildman–Crippen MR) is 79.5 cm³/mol. The molecule has 0 bridgehead atoms. The average Bonchev–Trinajstić information content (AvgIpc) is 2.48. The molecule has 98 valence electrons. The van der Waals surface area contributed by atoms with E-state index in [9.17, 15) is 9.59 Å². The first-order chi connectivity index (χ1) is 9.66. The molecule has 2 aromatic carbocycles. The minimum atomic E-state index is -0.311. The highest BCUT2D eigenvalue weighted by Gasteiger charge is 2.14. The van der Waals surface area contributed by atoms with E-state index in [1.165, 1.54) is 6.20 Å². The first kappa shape index (κ1) is 12.6. The van der Waals surface area contributed by atoms with Crippen molar-refractivity contribution >= 4 is 28.3 Å². The lowest BCUT2D eigenvalue weighted by molar-refractivity contribution is 0.103. The standard InChI is InChI=1S/C16H10ClNO2/c17-11-7-5-10(6-8-11)15(19)13-9-18-14-4-2-1-3-12(14)16(13)20/h1-9H,(H,18,20). The molecule has 3 nitrogen and oxygen atoms in total. The smallest absolute Gasteiger partial charge is 0.200 e. The fourth-order valence-electron chi connectivity index (χ4n) is 2.09. The predicted octanol–water partition coefficient (Wildman–Crippen LogP) is 3.41. The SMILES string of the molecule is O=C(c1ccc(Cl)cc1)c1c[nH]c2ccccc2c1=O. The van der Waals surface area contributed by atoms with E-state index in [2.05, 4.69) is 4.98 Å². The first-order valence-electron chi connectivity index (χ1n) is 6.07. The molecule has 0 atom stereocenters. The maximum Gasteiger partial charge on any atom is 0.200 e. The molecule has 1 N–H and O–H groups in total. The Morgan fingerprint density at radius 2 is 1.70 bits per heavy atom. The van der Waals surface area contributed by atoms with E-state index in [0.29, 0.717) is 21.5 Å². The van der Waals surface area contributed by atoms with Crippen molar-refractivity contribution in [2.75, 3.05) is 0 Å². The van der Waals surface area contributed by atoms with Crippen molar-refractivity contribution in [3.8, 4) is 0 Å². The van der Waals surface area contributed by atoms with Crippen LogP contribution < -0.4 is 5.43 Å². The molecular formula is C16H10ClNO2. The third-order valence-electron chi connectivity index (χ3n) is 3.14. The number of hydrogen-bond acceptors (Lipinski definition) is 2. The zero-order valence-electron chi connectivity index (χ0n) is 10.4. The number of nitrogens with one attached hydrogen (secondary N) is 1. The number of aromatic nitrogens is 1. The van der Waals surface area contributed by atoms with Crippen molar-refractivity contribution in [3.05, 3.63) is 81.1 Å². The van der Waals surface area contributed by atoms with E-state index in [0.717, 1.165) is 0 Å². The fraction of sp³-hybridized carbons (Fsp3) is 0. The summed E-state index contributed by atoms with van der Waals surface area (Å²) in [6, 6.07) is 13.6. The maximum absolute atomic E-state index is 12.4. The second-order valence-electron chi connectivity index (χ2n) is 4.41. The van der Waals surface area contributed by atoms with Crippen LogP contribution in [0.3, 0.4) is 0 Å². The summed E-state index contributed by atoms with van der Waals surface area (Å²) in [5, 5.41) is 1.06. The van der Waals surface area contributed by atoms with Gasteiger partial charge >= 0.3 is 0 Å². The Hall–Kier alpha value is -2.39. The lowest BCUT2D eigenvalue weighted by atomic mass is 10.0. The molecule has 0 unspecified atom stereocenters. The third-order valence-corrected chi connectivity index (χ3v) is 3.39. The summed E-state index contributed by atoms with van der Waals surface area (Å²) >= 11 is 5.79. The van der Waals surface area contributed by atoms with Gasteiger partial charge in [-0.2, -0.15) is 0 Å². The number of rotatable bonds is 2. The summed E-state index contributed by atoms with van der Waals surface area (Å²) in [6.45, 7) is 0. The molecule has 0 saturated carbocycles. The molecule has 4 heteroatoms. The molecule has 3 aromatic rings. The lowest BCUT2D eigenvalue weighted by Crippen LogP contribution is -2.16. The van der Waals surface area contributed by atoms with Gasteiger partial charge in [-0.3, -0.25) is 9.59 Å². The van der Waals surface area contributed by atoms with Crippen molar-refractivity contribution in [1.29, 1.82) is 0 Å². The summed E-state index contributed by atoms with van der Waals surface area (Å²) < 4.78 is 0. The van der Waals surface area contributed by atoms with Gasteiger partial charge in [0.1, 0.15) is 0 Å². The van der Waals surface area contributed by atoms with Gasteiger partial charge in [-0.05, 0) is 36.4 Å². The first-order valence-corrected chi connectivity index (χ1v) is 6.45. The number of H-pyrrole nitrogens is 1. The number of hydrogen-bond donors (Lipinski definition) is 1. The molecule has 1 heterocycles. The van der Waals surface area contributed by atoms with Gasteiger partial charge in [0.05, 0.1) is 5.56 Å². The zero-order valence-corrected chi connectivity index (χ0v) is 11.1. The van der Waals surface area contributed by atoms with E-state index in [4.69, 9.17) is 11.6 Å². The maximum atomic E-state index is 12.4. The van der Waals surface area contributed by atoms with Crippen molar-refractivity contribution in [3.63, 3.8) is 0 Å². The molecule has 0 amide bonds. The van der Waals surface area contributed by atoms with Crippen LogP contribution in [0.2, 0.25) is 5.02 Å². The van der Waals surface area contributed by atoms with Crippen LogP contribution >= 0.6 is 11.6 Å². The van der Waals surface area contributed by atoms with Crippen LogP contribution in [0.4, 0.5) is 0 Å². The fourth-order valence-corrected chi connectivity index (χ4v) is 2.22. The lowest BCUT2D eigenvalue weighted by Gasteiger charge is -2.03. The number of pyridine rings is 1. The van der Waals surface area contributed by atoms with E-state index in [1.807, 2.05) is 6.07 Å². The number of halogens is 1. The van der Waals surface area contributed by atoms with Crippen LogP contribution in [0.15, 0.2) is 59.5 Å². The largest absolute Gasteiger partial charge is 0.360 e. The van der Waals surface area contributed by atoms with Gasteiger partial charge in [-0.1, -0.05) is 23.7 Å². The summed E-state index contributed by atoms with van der Waals surface area (Å²) in [6.07, 6.45) is 1.46. The average molecular weight is 284 g/mol. The van der Waals surface area contributed by atoms with Crippen molar-refractivity contribution < 1.29 is 4.79 Å². The van der Waals surface area contributed by atoms with Crippen LogP contribution in [-0.2, 0) is 0 Å². The normalized spacial score (nSPS) is 10.7. The summed E-state index contributed by atoms with van der Waals surface area (Å²) in [7, 11) is 0. The third kappa shape index (κ3) is 2.12. The highest BCUT2D eigenvalue weighted by Crippen LogP contribution is 2.14. The van der Waals surface area contributed by atoms with Gasteiger partial charge in [0, 0.05) is 27.7 Å². The van der Waals surface area contributed by atoms with Gasteiger partial charge in [0.2, 0.25) is 5.43 Å². The zero-order chi connectivity index (χ0) is 14.1. The van der Waals surface area contributed by atoms with Crippen molar-refractivity contribution in [1.82, 2.24) is 4.98 Å². The molecule has 0 aliphatic carbocycles. The van der Waals surface area contributed by atoms with Crippen LogP contribution in [0.5, 0.6) is 0 Å². The number of ketones is 1. The van der Waals surface area contributed by atoms with Crippen LogP contribution in [0.1, 0.15) is 15.9 Å². The summed E-state index contributed by atoms with van der Waals surface area (Å²) in [5.41, 5.74) is 1.02. The number of fused-ring (bicyclic) bond motifs is 1. The highest BCUT2D eigenvalue weighted by molar-refractivity contribution is 6.30. The second kappa shape index (κ2) is 4.94. The van der Waals surface area contributed by atoms with Gasteiger partial charge in [0.25, 0.3) is 0 Å². The Kier molecular flexibility index (Phi) is 3.12. The minimum Gasteiger partial charge on any atom is -0.360 e. The Balaban J connectivity index is 2.15. The summed E-state index contributed by atoms with van der Waals surface area (Å²) in [4.78, 5) is 27.7. The molecule has 0 saturated heterocycles. The van der Waals surface area contributed by atoms with E-state index >= 15 is 0 Å². The number of carbonyl (C=O) groups excluding carboxylic acids is 1. The molecule has 0 aliphatic heterocycles. The molecule has 0 spiro atoms. The van der Waals surface area contributed by atoms with Crippen LogP contribution in [0.25, 0.3) is 10.9 Å². The van der Waals surface area contributed by atoms with Gasteiger partial charge in [-0.15, -0.1) is 0 Å². The molecule has 20 heavy (non-hydrogen) atoms. The molecule has 0 radical (unpaired) electrons. The molecule has 0 aliphatic rings. The Morgan fingerprint density at radius 1 is 1.00 bits per heavy atom.